The van der Waals surface area contributed by atoms with Crippen LogP contribution >= 0.6 is 0 Å². The monoisotopic (exact) mass is 277 g/mol. The second kappa shape index (κ2) is 5.81. The van der Waals surface area contributed by atoms with Gasteiger partial charge in [-0.3, -0.25) is 9.69 Å². The van der Waals surface area contributed by atoms with Gasteiger partial charge in [-0.25, -0.2) is 0 Å². The lowest BCUT2D eigenvalue weighted by Crippen LogP contribution is -2.61. The second-order valence-electron chi connectivity index (χ2n) is 5.59. The highest BCUT2D eigenvalue weighted by Gasteiger charge is 2.37. The van der Waals surface area contributed by atoms with E-state index in [1.165, 1.54) is 0 Å². The highest BCUT2D eigenvalue weighted by Crippen LogP contribution is 2.24. The molecule has 0 atom stereocenters. The number of hydrogen-bond donors (Lipinski definition) is 2. The number of nitrogens with zero attached hydrogens (tertiary/aromatic N) is 1. The SMILES string of the molecule is COc1ccc(CN2CCNC(=O)C2(C)C)cc1CN. The number of amides is 1. The molecule has 3 N–H and O–H groups in total. The average Bonchev–Trinajstić information content (AvgIpc) is 2.44. The van der Waals surface area contributed by atoms with Crippen LogP contribution in [-0.2, 0) is 17.9 Å². The van der Waals surface area contributed by atoms with E-state index >= 15 is 0 Å². The number of benzene rings is 1. The quantitative estimate of drug-likeness (QED) is 0.857. The van der Waals surface area contributed by atoms with E-state index in [0.29, 0.717) is 13.1 Å². The Morgan fingerprint density at radius 2 is 2.20 bits per heavy atom. The van der Waals surface area contributed by atoms with Gasteiger partial charge in [0.2, 0.25) is 5.91 Å². The molecule has 2 rings (SSSR count). The minimum absolute atomic E-state index is 0.0799. The first kappa shape index (κ1) is 14.8. The number of nitrogens with one attached hydrogen (secondary N) is 1. The molecule has 1 aromatic rings. The number of rotatable bonds is 4. The Morgan fingerprint density at radius 3 is 2.85 bits per heavy atom. The van der Waals surface area contributed by atoms with Crippen molar-refractivity contribution in [2.75, 3.05) is 20.2 Å². The number of carbonyl (C=O) groups excluding carboxylic acids is 1. The van der Waals surface area contributed by atoms with Crippen molar-refractivity contribution in [2.45, 2.75) is 32.5 Å². The smallest absolute Gasteiger partial charge is 0.240 e. The van der Waals surface area contributed by atoms with E-state index < -0.39 is 5.54 Å². The fourth-order valence-electron chi connectivity index (χ4n) is 2.53. The summed E-state index contributed by atoms with van der Waals surface area (Å²) in [6, 6.07) is 6.02. The van der Waals surface area contributed by atoms with E-state index in [0.717, 1.165) is 30.0 Å². The van der Waals surface area contributed by atoms with Gasteiger partial charge < -0.3 is 15.8 Å². The minimum atomic E-state index is -0.485. The minimum Gasteiger partial charge on any atom is -0.496 e. The zero-order valence-electron chi connectivity index (χ0n) is 12.4. The summed E-state index contributed by atoms with van der Waals surface area (Å²) < 4.78 is 5.28. The van der Waals surface area contributed by atoms with E-state index in [1.807, 2.05) is 26.0 Å². The zero-order chi connectivity index (χ0) is 14.8. The van der Waals surface area contributed by atoms with Crippen molar-refractivity contribution in [3.05, 3.63) is 29.3 Å². The normalized spacial score (nSPS) is 18.7. The molecule has 1 amide bonds. The third kappa shape index (κ3) is 2.78. The summed E-state index contributed by atoms with van der Waals surface area (Å²) in [7, 11) is 1.65. The Kier molecular flexibility index (Phi) is 4.30. The number of piperazine rings is 1. The first-order valence-electron chi connectivity index (χ1n) is 6.88. The molecule has 0 radical (unpaired) electrons. The van der Waals surface area contributed by atoms with Gasteiger partial charge in [0.1, 0.15) is 5.75 Å². The number of ether oxygens (including phenoxy) is 1. The van der Waals surface area contributed by atoms with Gasteiger partial charge in [0, 0.05) is 31.7 Å². The predicted octanol–water partition coefficient (Wildman–Crippen LogP) is 0.864. The van der Waals surface area contributed by atoms with Crippen LogP contribution in [0.3, 0.4) is 0 Å². The summed E-state index contributed by atoms with van der Waals surface area (Å²) in [5, 5.41) is 2.91. The Hall–Kier alpha value is -1.59. The molecule has 20 heavy (non-hydrogen) atoms. The molecule has 0 bridgehead atoms. The van der Waals surface area contributed by atoms with Crippen LogP contribution in [0.2, 0.25) is 0 Å². The highest BCUT2D eigenvalue weighted by atomic mass is 16.5. The molecule has 1 aromatic carbocycles. The Morgan fingerprint density at radius 1 is 1.45 bits per heavy atom. The molecule has 0 spiro atoms. The van der Waals surface area contributed by atoms with Crippen molar-refractivity contribution in [2.24, 2.45) is 5.73 Å². The van der Waals surface area contributed by atoms with Crippen molar-refractivity contribution < 1.29 is 9.53 Å². The Balaban J connectivity index is 2.19. The molecule has 0 unspecified atom stereocenters. The largest absolute Gasteiger partial charge is 0.496 e. The van der Waals surface area contributed by atoms with E-state index in [1.54, 1.807) is 7.11 Å². The van der Waals surface area contributed by atoms with Crippen molar-refractivity contribution in [3.63, 3.8) is 0 Å². The van der Waals surface area contributed by atoms with Gasteiger partial charge in [0.15, 0.2) is 0 Å². The van der Waals surface area contributed by atoms with E-state index in [9.17, 15) is 4.79 Å². The molecule has 1 aliphatic rings. The fourth-order valence-corrected chi connectivity index (χ4v) is 2.53. The summed E-state index contributed by atoms with van der Waals surface area (Å²) in [4.78, 5) is 14.1. The van der Waals surface area contributed by atoms with Crippen LogP contribution in [0.15, 0.2) is 18.2 Å². The molecule has 5 nitrogen and oxygen atoms in total. The Labute approximate surface area is 120 Å². The summed E-state index contributed by atoms with van der Waals surface area (Å²) in [5.41, 5.74) is 7.40. The van der Waals surface area contributed by atoms with Crippen LogP contribution in [0.25, 0.3) is 0 Å². The molecular formula is C15H23N3O2. The standard InChI is InChI=1S/C15H23N3O2/c1-15(2)14(19)17-6-7-18(15)10-11-4-5-13(20-3)12(8-11)9-16/h4-5,8H,6-7,9-10,16H2,1-3H3,(H,17,19). The molecule has 1 aliphatic heterocycles. The maximum absolute atomic E-state index is 11.9. The van der Waals surface area contributed by atoms with Gasteiger partial charge in [-0.1, -0.05) is 6.07 Å². The number of nitrogens with two attached hydrogens (primary N) is 1. The molecule has 1 heterocycles. The number of carbonyl (C=O) groups is 1. The summed E-state index contributed by atoms with van der Waals surface area (Å²) >= 11 is 0. The molecule has 0 saturated carbocycles. The fraction of sp³-hybridized carbons (Fsp3) is 0.533. The van der Waals surface area contributed by atoms with Gasteiger partial charge in [-0.05, 0) is 31.5 Å². The average molecular weight is 277 g/mol. The molecule has 1 fully saturated rings. The second-order valence-corrected chi connectivity index (χ2v) is 5.59. The lowest BCUT2D eigenvalue weighted by Gasteiger charge is -2.41. The summed E-state index contributed by atoms with van der Waals surface area (Å²) in [5.74, 6) is 0.892. The van der Waals surface area contributed by atoms with Crippen molar-refractivity contribution in [1.82, 2.24) is 10.2 Å². The first-order valence-corrected chi connectivity index (χ1v) is 6.88. The van der Waals surface area contributed by atoms with Crippen molar-refractivity contribution >= 4 is 5.91 Å². The van der Waals surface area contributed by atoms with Gasteiger partial charge in [-0.2, -0.15) is 0 Å². The lowest BCUT2D eigenvalue weighted by atomic mass is 9.97. The van der Waals surface area contributed by atoms with E-state index in [4.69, 9.17) is 10.5 Å². The van der Waals surface area contributed by atoms with Gasteiger partial charge in [0.05, 0.1) is 12.6 Å². The predicted molar refractivity (Wildman–Crippen MR) is 78.4 cm³/mol. The molecule has 110 valence electrons. The maximum Gasteiger partial charge on any atom is 0.240 e. The van der Waals surface area contributed by atoms with E-state index in [2.05, 4.69) is 16.3 Å². The molecular weight excluding hydrogens is 254 g/mol. The number of methoxy groups -OCH3 is 1. The van der Waals surface area contributed by atoms with Crippen molar-refractivity contribution in [3.8, 4) is 5.75 Å². The molecule has 0 aromatic heterocycles. The molecule has 5 heteroatoms. The van der Waals surface area contributed by atoms with Gasteiger partial charge in [-0.15, -0.1) is 0 Å². The van der Waals surface area contributed by atoms with Crippen molar-refractivity contribution in [1.29, 1.82) is 0 Å². The van der Waals surface area contributed by atoms with E-state index in [-0.39, 0.29) is 5.91 Å². The van der Waals surface area contributed by atoms with Gasteiger partial charge in [0.25, 0.3) is 0 Å². The summed E-state index contributed by atoms with van der Waals surface area (Å²) in [6.07, 6.45) is 0. The van der Waals surface area contributed by atoms with Crippen LogP contribution in [0.5, 0.6) is 5.75 Å². The first-order chi connectivity index (χ1) is 9.48. The lowest BCUT2D eigenvalue weighted by molar-refractivity contribution is -0.135. The highest BCUT2D eigenvalue weighted by molar-refractivity contribution is 5.86. The zero-order valence-corrected chi connectivity index (χ0v) is 12.4. The molecule has 1 saturated heterocycles. The van der Waals surface area contributed by atoms with Crippen LogP contribution in [0.4, 0.5) is 0 Å². The Bertz CT molecular complexity index is 500. The summed E-state index contributed by atoms with van der Waals surface area (Å²) in [6.45, 7) is 6.63. The van der Waals surface area contributed by atoms with Crippen LogP contribution in [-0.4, -0.2) is 36.5 Å². The third-order valence-corrected chi connectivity index (χ3v) is 3.95. The topological polar surface area (TPSA) is 67.6 Å². The maximum atomic E-state index is 11.9. The van der Waals surface area contributed by atoms with Crippen LogP contribution in [0, 0.1) is 0 Å². The molecule has 0 aliphatic carbocycles. The third-order valence-electron chi connectivity index (χ3n) is 3.95. The van der Waals surface area contributed by atoms with Gasteiger partial charge >= 0.3 is 0 Å². The van der Waals surface area contributed by atoms with Crippen LogP contribution < -0.4 is 15.8 Å². The number of hydrogen-bond acceptors (Lipinski definition) is 4. The van der Waals surface area contributed by atoms with Crippen LogP contribution in [0.1, 0.15) is 25.0 Å².